The van der Waals surface area contributed by atoms with E-state index in [2.05, 4.69) is 0 Å². The van der Waals surface area contributed by atoms with Crippen molar-refractivity contribution in [1.82, 2.24) is 4.90 Å². The van der Waals surface area contributed by atoms with E-state index in [1.165, 1.54) is 24.3 Å². The lowest BCUT2D eigenvalue weighted by Gasteiger charge is -2.17. The van der Waals surface area contributed by atoms with Crippen LogP contribution in [0.5, 0.6) is 0 Å². The van der Waals surface area contributed by atoms with E-state index in [1.54, 1.807) is 6.92 Å². The van der Waals surface area contributed by atoms with Gasteiger partial charge in [-0.3, -0.25) is 19.8 Å². The Bertz CT molecular complexity index is 496. The minimum atomic E-state index is -0.726. The average Bonchev–Trinajstić information content (AvgIpc) is 2.68. The van der Waals surface area contributed by atoms with Gasteiger partial charge in [0.25, 0.3) is 5.69 Å². The Labute approximate surface area is 110 Å². The Morgan fingerprint density at radius 3 is 2.58 bits per heavy atom. The maximum atomic E-state index is 12.0. The van der Waals surface area contributed by atoms with E-state index in [0.29, 0.717) is 25.1 Å². The Kier molecular flexibility index (Phi) is 3.64. The van der Waals surface area contributed by atoms with Crippen molar-refractivity contribution >= 4 is 11.5 Å². The minimum Gasteiger partial charge on any atom is -0.389 e. The zero-order valence-electron chi connectivity index (χ0n) is 10.7. The van der Waals surface area contributed by atoms with Gasteiger partial charge in [0.05, 0.1) is 17.1 Å². The molecule has 1 aliphatic heterocycles. The predicted octanol–water partition coefficient (Wildman–Crippen LogP) is 1.23. The third kappa shape index (κ3) is 3.36. The fraction of sp³-hybridized carbons (Fsp3) is 0.462. The quantitative estimate of drug-likeness (QED) is 0.502. The number of ketones is 1. The number of nitrogens with zero attached hydrogens (tertiary/aromatic N) is 2. The lowest BCUT2D eigenvalue weighted by atomic mass is 10.1. The molecule has 1 unspecified atom stereocenters. The maximum absolute atomic E-state index is 12.0. The first-order valence-electron chi connectivity index (χ1n) is 6.10. The highest BCUT2D eigenvalue weighted by Crippen LogP contribution is 2.20. The SMILES string of the molecule is CC1(O)CCN(CC(=O)c2ccc([N+](=O)[O-])cc2)C1. The number of rotatable bonds is 4. The number of carbonyl (C=O) groups is 1. The first kappa shape index (κ1) is 13.6. The molecule has 1 fully saturated rings. The largest absolute Gasteiger partial charge is 0.389 e. The Balaban J connectivity index is 1.99. The van der Waals surface area contributed by atoms with E-state index in [1.807, 2.05) is 4.90 Å². The molecule has 0 amide bonds. The van der Waals surface area contributed by atoms with Crippen molar-refractivity contribution < 1.29 is 14.8 Å². The number of benzene rings is 1. The van der Waals surface area contributed by atoms with Gasteiger partial charge in [0.15, 0.2) is 5.78 Å². The zero-order chi connectivity index (χ0) is 14.0. The van der Waals surface area contributed by atoms with Crippen molar-refractivity contribution in [3.8, 4) is 0 Å². The number of nitro groups is 1. The summed E-state index contributed by atoms with van der Waals surface area (Å²) in [7, 11) is 0. The normalized spacial score (nSPS) is 23.5. The van der Waals surface area contributed by atoms with Crippen molar-refractivity contribution in [3.05, 3.63) is 39.9 Å². The zero-order valence-corrected chi connectivity index (χ0v) is 10.7. The maximum Gasteiger partial charge on any atom is 0.269 e. The summed E-state index contributed by atoms with van der Waals surface area (Å²) >= 11 is 0. The number of nitro benzene ring substituents is 1. The van der Waals surface area contributed by atoms with E-state index in [4.69, 9.17) is 0 Å². The highest BCUT2D eigenvalue weighted by atomic mass is 16.6. The highest BCUT2D eigenvalue weighted by molar-refractivity contribution is 5.97. The molecule has 0 spiro atoms. The molecular weight excluding hydrogens is 248 g/mol. The van der Waals surface area contributed by atoms with Gasteiger partial charge >= 0.3 is 0 Å². The number of Topliss-reactive ketones (excluding diaryl/α,β-unsaturated/α-hetero) is 1. The van der Waals surface area contributed by atoms with Crippen LogP contribution in [0.1, 0.15) is 23.7 Å². The topological polar surface area (TPSA) is 83.7 Å². The minimum absolute atomic E-state index is 0.0272. The number of non-ortho nitro benzene ring substituents is 1. The molecule has 1 atom stereocenters. The van der Waals surface area contributed by atoms with Crippen molar-refractivity contribution in [2.75, 3.05) is 19.6 Å². The molecule has 6 heteroatoms. The van der Waals surface area contributed by atoms with Gasteiger partial charge in [-0.15, -0.1) is 0 Å². The van der Waals surface area contributed by atoms with Crippen LogP contribution in [0.3, 0.4) is 0 Å². The molecule has 1 aliphatic rings. The number of aliphatic hydroxyl groups is 1. The summed E-state index contributed by atoms with van der Waals surface area (Å²) in [5.41, 5.74) is -0.298. The first-order valence-corrected chi connectivity index (χ1v) is 6.10. The van der Waals surface area contributed by atoms with E-state index >= 15 is 0 Å². The van der Waals surface area contributed by atoms with Gasteiger partial charge in [-0.2, -0.15) is 0 Å². The third-order valence-electron chi connectivity index (χ3n) is 3.30. The summed E-state index contributed by atoms with van der Waals surface area (Å²) < 4.78 is 0. The molecule has 0 aliphatic carbocycles. The summed E-state index contributed by atoms with van der Waals surface area (Å²) in [6.45, 7) is 3.15. The van der Waals surface area contributed by atoms with Crippen LogP contribution in [0.15, 0.2) is 24.3 Å². The molecule has 2 rings (SSSR count). The van der Waals surface area contributed by atoms with Gasteiger partial charge in [0.1, 0.15) is 0 Å². The highest BCUT2D eigenvalue weighted by Gasteiger charge is 2.32. The second kappa shape index (κ2) is 5.07. The first-order chi connectivity index (χ1) is 8.87. The molecule has 1 aromatic rings. The van der Waals surface area contributed by atoms with Gasteiger partial charge in [-0.25, -0.2) is 0 Å². The molecule has 0 radical (unpaired) electrons. The van der Waals surface area contributed by atoms with Gasteiger partial charge in [0, 0.05) is 30.8 Å². The van der Waals surface area contributed by atoms with Gasteiger partial charge in [0.2, 0.25) is 0 Å². The second-order valence-electron chi connectivity index (χ2n) is 5.18. The summed E-state index contributed by atoms with van der Waals surface area (Å²) in [4.78, 5) is 23.9. The monoisotopic (exact) mass is 264 g/mol. The van der Waals surface area contributed by atoms with E-state index < -0.39 is 10.5 Å². The molecule has 1 saturated heterocycles. The van der Waals surface area contributed by atoms with Crippen LogP contribution in [0.4, 0.5) is 5.69 Å². The van der Waals surface area contributed by atoms with Crippen molar-refractivity contribution in [2.45, 2.75) is 18.9 Å². The Morgan fingerprint density at radius 2 is 2.11 bits per heavy atom. The molecule has 6 nitrogen and oxygen atoms in total. The number of likely N-dealkylation sites (tertiary alicyclic amines) is 1. The molecular formula is C13H16N2O4. The molecule has 1 N–H and O–H groups in total. The average molecular weight is 264 g/mol. The fourth-order valence-electron chi connectivity index (χ4n) is 2.24. The second-order valence-corrected chi connectivity index (χ2v) is 5.18. The Hall–Kier alpha value is -1.79. The van der Waals surface area contributed by atoms with Crippen LogP contribution in [0.25, 0.3) is 0 Å². The summed E-state index contributed by atoms with van der Waals surface area (Å²) in [5, 5.41) is 20.3. The number of hydrogen-bond acceptors (Lipinski definition) is 5. The Morgan fingerprint density at radius 1 is 1.47 bits per heavy atom. The molecule has 1 aromatic carbocycles. The standard InChI is InChI=1S/C13H16N2O4/c1-13(17)6-7-14(9-13)8-12(16)10-2-4-11(5-3-10)15(18)19/h2-5,17H,6-9H2,1H3. The fourth-order valence-corrected chi connectivity index (χ4v) is 2.24. The van der Waals surface area contributed by atoms with Crippen LogP contribution < -0.4 is 0 Å². The van der Waals surface area contributed by atoms with E-state index in [9.17, 15) is 20.0 Å². The number of β-amino-alcohol motifs (C(OH)–C–C–N with tert-alkyl or cyclic N) is 1. The molecule has 0 saturated carbocycles. The van der Waals surface area contributed by atoms with Gasteiger partial charge < -0.3 is 5.11 Å². The van der Waals surface area contributed by atoms with Crippen LogP contribution in [-0.2, 0) is 0 Å². The van der Waals surface area contributed by atoms with Crippen LogP contribution in [0, 0.1) is 10.1 Å². The molecule has 0 bridgehead atoms. The molecule has 0 aromatic heterocycles. The molecule has 19 heavy (non-hydrogen) atoms. The van der Waals surface area contributed by atoms with E-state index in [0.717, 1.165) is 0 Å². The summed E-state index contributed by atoms with van der Waals surface area (Å²) in [6.07, 6.45) is 0.653. The van der Waals surface area contributed by atoms with Crippen molar-refractivity contribution in [2.24, 2.45) is 0 Å². The van der Waals surface area contributed by atoms with Gasteiger partial charge in [-0.05, 0) is 25.5 Å². The summed E-state index contributed by atoms with van der Waals surface area (Å²) in [5.74, 6) is -0.0902. The summed E-state index contributed by atoms with van der Waals surface area (Å²) in [6, 6.07) is 5.59. The smallest absolute Gasteiger partial charge is 0.269 e. The molecule has 1 heterocycles. The lowest BCUT2D eigenvalue weighted by Crippen LogP contribution is -2.33. The van der Waals surface area contributed by atoms with Crippen molar-refractivity contribution in [3.63, 3.8) is 0 Å². The number of carbonyl (C=O) groups excluding carboxylic acids is 1. The predicted molar refractivity (Wildman–Crippen MR) is 69.1 cm³/mol. The van der Waals surface area contributed by atoms with Gasteiger partial charge in [-0.1, -0.05) is 0 Å². The van der Waals surface area contributed by atoms with Crippen molar-refractivity contribution in [1.29, 1.82) is 0 Å². The van der Waals surface area contributed by atoms with E-state index in [-0.39, 0.29) is 18.0 Å². The van der Waals surface area contributed by atoms with Crippen LogP contribution in [-0.4, -0.2) is 45.9 Å². The van der Waals surface area contributed by atoms with Crippen LogP contribution >= 0.6 is 0 Å². The lowest BCUT2D eigenvalue weighted by molar-refractivity contribution is -0.384. The van der Waals surface area contributed by atoms with Crippen LogP contribution in [0.2, 0.25) is 0 Å². The number of hydrogen-bond donors (Lipinski definition) is 1. The third-order valence-corrected chi connectivity index (χ3v) is 3.30. The molecule has 102 valence electrons.